The second-order valence-electron chi connectivity index (χ2n) is 7.15. The van der Waals surface area contributed by atoms with Crippen LogP contribution in [0.5, 0.6) is 5.75 Å². The number of benzene rings is 1. The Balaban J connectivity index is 1.95. The van der Waals surface area contributed by atoms with Crippen molar-refractivity contribution in [1.82, 2.24) is 15.1 Å². The van der Waals surface area contributed by atoms with Crippen LogP contribution in [0.2, 0.25) is 0 Å². The van der Waals surface area contributed by atoms with E-state index in [1.807, 2.05) is 12.1 Å². The lowest BCUT2D eigenvalue weighted by Crippen LogP contribution is -2.47. The number of carbonyl (C=O) groups excluding carboxylic acids is 1. The molecule has 6 heteroatoms. The van der Waals surface area contributed by atoms with Crippen LogP contribution >= 0.6 is 0 Å². The van der Waals surface area contributed by atoms with Gasteiger partial charge in [0.05, 0.1) is 7.11 Å². The fourth-order valence-electron chi connectivity index (χ4n) is 3.04. The molecule has 26 heavy (non-hydrogen) atoms. The third-order valence-corrected chi connectivity index (χ3v) is 4.68. The molecule has 1 aliphatic heterocycles. The van der Waals surface area contributed by atoms with E-state index < -0.39 is 0 Å². The van der Waals surface area contributed by atoms with Gasteiger partial charge in [-0.1, -0.05) is 19.1 Å². The van der Waals surface area contributed by atoms with Crippen LogP contribution in [0.15, 0.2) is 29.3 Å². The summed E-state index contributed by atoms with van der Waals surface area (Å²) in [6.45, 7) is 5.22. The van der Waals surface area contributed by atoms with Gasteiger partial charge in [0, 0.05) is 33.7 Å². The van der Waals surface area contributed by atoms with Crippen molar-refractivity contribution in [1.29, 1.82) is 0 Å². The maximum Gasteiger partial charge on any atom is 0.243 e. The minimum absolute atomic E-state index is 0.0181. The molecule has 1 aromatic rings. The summed E-state index contributed by atoms with van der Waals surface area (Å²) >= 11 is 0. The van der Waals surface area contributed by atoms with E-state index in [1.54, 1.807) is 26.1 Å². The average molecular weight is 361 g/mol. The lowest BCUT2D eigenvalue weighted by atomic mass is 10.0. The molecule has 1 N–H and O–H groups in total. The van der Waals surface area contributed by atoms with Gasteiger partial charge in [0.25, 0.3) is 0 Å². The Bertz CT molecular complexity index is 598. The number of rotatable bonds is 6. The van der Waals surface area contributed by atoms with E-state index in [2.05, 4.69) is 34.3 Å². The molecule has 1 amide bonds. The predicted octanol–water partition coefficient (Wildman–Crippen LogP) is 2.00. The highest BCUT2D eigenvalue weighted by atomic mass is 16.5. The minimum atomic E-state index is 0.0181. The smallest absolute Gasteiger partial charge is 0.243 e. The van der Waals surface area contributed by atoms with Crippen molar-refractivity contribution >= 4 is 11.9 Å². The molecule has 1 aliphatic rings. The Hall–Kier alpha value is -2.24. The number of nitrogens with zero attached hydrogens (tertiary/aromatic N) is 3. The molecule has 1 atom stereocenters. The van der Waals surface area contributed by atoms with Crippen molar-refractivity contribution in [2.45, 2.75) is 26.2 Å². The lowest BCUT2D eigenvalue weighted by molar-refractivity contribution is -0.127. The quantitative estimate of drug-likeness (QED) is 0.623. The van der Waals surface area contributed by atoms with E-state index in [-0.39, 0.29) is 12.5 Å². The Kier molecular flexibility index (Phi) is 7.75. The number of aliphatic imine (C=N–C) groups is 1. The van der Waals surface area contributed by atoms with Gasteiger partial charge >= 0.3 is 0 Å². The van der Waals surface area contributed by atoms with Gasteiger partial charge < -0.3 is 19.9 Å². The van der Waals surface area contributed by atoms with Gasteiger partial charge in [0.2, 0.25) is 5.91 Å². The molecule has 0 radical (unpaired) electrons. The molecule has 144 valence electrons. The van der Waals surface area contributed by atoms with Gasteiger partial charge in [-0.3, -0.25) is 4.79 Å². The average Bonchev–Trinajstić information content (AvgIpc) is 2.64. The number of hydrogen-bond acceptors (Lipinski definition) is 3. The number of piperidine rings is 1. The molecule has 0 saturated carbocycles. The molecule has 1 unspecified atom stereocenters. The van der Waals surface area contributed by atoms with E-state index in [0.717, 1.165) is 37.8 Å². The zero-order valence-electron chi connectivity index (χ0n) is 16.5. The van der Waals surface area contributed by atoms with Crippen molar-refractivity contribution in [3.63, 3.8) is 0 Å². The first-order valence-corrected chi connectivity index (χ1v) is 9.36. The Morgan fingerprint density at radius 1 is 1.35 bits per heavy atom. The molecule has 0 bridgehead atoms. The largest absolute Gasteiger partial charge is 0.497 e. The molecule has 0 aromatic heterocycles. The van der Waals surface area contributed by atoms with Crippen molar-refractivity contribution in [3.05, 3.63) is 29.8 Å². The molecular weight excluding hydrogens is 328 g/mol. The third-order valence-electron chi connectivity index (χ3n) is 4.68. The van der Waals surface area contributed by atoms with Gasteiger partial charge in [0.15, 0.2) is 5.96 Å². The van der Waals surface area contributed by atoms with Crippen LogP contribution in [0.25, 0.3) is 0 Å². The van der Waals surface area contributed by atoms with E-state index in [9.17, 15) is 4.79 Å². The standard InChI is InChI=1S/C20H32N4O2/c1-16-6-5-13-24(15-16)20(22-14-19(25)23(2)3)21-12-11-17-7-9-18(26-4)10-8-17/h7-10,16H,5-6,11-15H2,1-4H3,(H,21,22). The summed E-state index contributed by atoms with van der Waals surface area (Å²) in [6, 6.07) is 8.12. The van der Waals surface area contributed by atoms with E-state index >= 15 is 0 Å². The Morgan fingerprint density at radius 3 is 2.69 bits per heavy atom. The molecule has 0 spiro atoms. The number of likely N-dealkylation sites (tertiary alicyclic amines) is 1. The normalized spacial score (nSPS) is 17.8. The fourth-order valence-corrected chi connectivity index (χ4v) is 3.04. The van der Waals surface area contributed by atoms with E-state index in [4.69, 9.17) is 4.74 Å². The molecule has 6 nitrogen and oxygen atoms in total. The number of ether oxygens (including phenoxy) is 1. The number of guanidine groups is 1. The fraction of sp³-hybridized carbons (Fsp3) is 0.600. The first-order chi connectivity index (χ1) is 12.5. The highest BCUT2D eigenvalue weighted by molar-refractivity contribution is 5.84. The highest BCUT2D eigenvalue weighted by Gasteiger charge is 2.19. The number of methoxy groups -OCH3 is 1. The van der Waals surface area contributed by atoms with Crippen LogP contribution in [0.1, 0.15) is 25.3 Å². The van der Waals surface area contributed by atoms with Crippen LogP contribution in [0.4, 0.5) is 0 Å². The summed E-state index contributed by atoms with van der Waals surface area (Å²) in [6.07, 6.45) is 3.32. The summed E-state index contributed by atoms with van der Waals surface area (Å²) in [7, 11) is 5.20. The first-order valence-electron chi connectivity index (χ1n) is 9.36. The zero-order chi connectivity index (χ0) is 18.9. The summed E-state index contributed by atoms with van der Waals surface area (Å²) in [4.78, 5) is 20.4. The summed E-state index contributed by atoms with van der Waals surface area (Å²) < 4.78 is 5.20. The number of likely N-dealkylation sites (N-methyl/N-ethyl adjacent to an activating group) is 1. The second-order valence-corrected chi connectivity index (χ2v) is 7.15. The summed E-state index contributed by atoms with van der Waals surface area (Å²) in [5, 5.41) is 3.46. The maximum atomic E-state index is 11.9. The van der Waals surface area contributed by atoms with Gasteiger partial charge in [-0.15, -0.1) is 0 Å². The maximum absolute atomic E-state index is 11.9. The first kappa shape index (κ1) is 20.1. The van der Waals surface area contributed by atoms with Crippen molar-refractivity contribution in [3.8, 4) is 5.75 Å². The summed E-state index contributed by atoms with van der Waals surface area (Å²) in [5.74, 6) is 2.39. The van der Waals surface area contributed by atoms with E-state index in [1.165, 1.54) is 18.4 Å². The molecular formula is C20H32N4O2. The lowest BCUT2D eigenvalue weighted by Gasteiger charge is -2.33. The van der Waals surface area contributed by atoms with Gasteiger partial charge in [0.1, 0.15) is 12.3 Å². The van der Waals surface area contributed by atoms with Crippen LogP contribution in [-0.2, 0) is 11.2 Å². The summed E-state index contributed by atoms with van der Waals surface area (Å²) in [5.41, 5.74) is 1.24. The SMILES string of the molecule is COc1ccc(CCNC(=NCC(=O)N(C)C)N2CCCC(C)C2)cc1. The Labute approximate surface area is 157 Å². The number of nitrogens with one attached hydrogen (secondary N) is 1. The molecule has 1 fully saturated rings. The van der Waals surface area contributed by atoms with Crippen LogP contribution < -0.4 is 10.1 Å². The monoisotopic (exact) mass is 360 g/mol. The predicted molar refractivity (Wildman–Crippen MR) is 106 cm³/mol. The topological polar surface area (TPSA) is 57.2 Å². The molecule has 0 aliphatic carbocycles. The van der Waals surface area contributed by atoms with Crippen molar-refractivity contribution in [2.75, 3.05) is 47.4 Å². The van der Waals surface area contributed by atoms with Crippen molar-refractivity contribution < 1.29 is 9.53 Å². The molecule has 2 rings (SSSR count). The third kappa shape index (κ3) is 6.24. The van der Waals surface area contributed by atoms with Gasteiger partial charge in [-0.2, -0.15) is 0 Å². The molecule has 1 aromatic carbocycles. The zero-order valence-corrected chi connectivity index (χ0v) is 16.5. The van der Waals surface area contributed by atoms with Crippen LogP contribution in [0, 0.1) is 5.92 Å². The second kappa shape index (κ2) is 10.0. The highest BCUT2D eigenvalue weighted by Crippen LogP contribution is 2.15. The molecule has 1 saturated heterocycles. The minimum Gasteiger partial charge on any atom is -0.497 e. The van der Waals surface area contributed by atoms with Crippen molar-refractivity contribution in [2.24, 2.45) is 10.9 Å². The number of hydrogen-bond donors (Lipinski definition) is 1. The van der Waals surface area contributed by atoms with Crippen LogP contribution in [0.3, 0.4) is 0 Å². The number of carbonyl (C=O) groups is 1. The van der Waals surface area contributed by atoms with Gasteiger partial charge in [-0.05, 0) is 42.9 Å². The van der Waals surface area contributed by atoms with Crippen LogP contribution in [-0.4, -0.2) is 69.1 Å². The van der Waals surface area contributed by atoms with Gasteiger partial charge in [-0.25, -0.2) is 4.99 Å². The van der Waals surface area contributed by atoms with E-state index in [0.29, 0.717) is 5.92 Å². The Morgan fingerprint density at radius 2 is 2.08 bits per heavy atom. The number of amides is 1. The molecule has 1 heterocycles.